The predicted molar refractivity (Wildman–Crippen MR) is 128 cm³/mol. The number of nitrogens with zero attached hydrogens (tertiary/aromatic N) is 3. The number of likely N-dealkylation sites (N-methyl/N-ethyl adjacent to an activating group) is 1. The molecule has 0 radical (unpaired) electrons. The maximum atomic E-state index is 12.9. The first kappa shape index (κ1) is 23.5. The Kier molecular flexibility index (Phi) is 7.35. The van der Waals surface area contributed by atoms with Crippen LogP contribution in [0, 0.1) is 0 Å². The van der Waals surface area contributed by atoms with Gasteiger partial charge in [0.25, 0.3) is 0 Å². The van der Waals surface area contributed by atoms with Crippen LogP contribution in [-0.4, -0.2) is 46.7 Å². The smallest absolute Gasteiger partial charge is 0.245 e. The second-order valence-electron chi connectivity index (χ2n) is 8.49. The molecule has 0 bridgehead atoms. The van der Waals surface area contributed by atoms with Gasteiger partial charge in [-0.3, -0.25) is 9.59 Å². The highest BCUT2D eigenvalue weighted by atomic mass is 32.1. The van der Waals surface area contributed by atoms with E-state index in [1.165, 1.54) is 11.3 Å². The van der Waals surface area contributed by atoms with E-state index in [0.717, 1.165) is 22.0 Å². The van der Waals surface area contributed by atoms with E-state index in [1.807, 2.05) is 54.8 Å². The Morgan fingerprint density at radius 1 is 1.19 bits per heavy atom. The lowest BCUT2D eigenvalue weighted by atomic mass is 9.92. The average molecular weight is 455 g/mol. The fraction of sp³-hybridized carbons (Fsp3) is 0.375. The molecule has 0 aliphatic heterocycles. The first-order valence-corrected chi connectivity index (χ1v) is 11.4. The molecular weight excluding hydrogens is 424 g/mol. The second kappa shape index (κ2) is 9.99. The number of rotatable bonds is 8. The van der Waals surface area contributed by atoms with Crippen LogP contribution < -0.4 is 10.1 Å². The summed E-state index contributed by atoms with van der Waals surface area (Å²) in [6, 6.07) is 13.2. The van der Waals surface area contributed by atoms with Crippen LogP contribution in [0.1, 0.15) is 38.3 Å². The fourth-order valence-corrected chi connectivity index (χ4v) is 3.86. The summed E-state index contributed by atoms with van der Waals surface area (Å²) in [7, 11) is 1.62. The molecule has 0 spiro atoms. The number of benzene rings is 1. The minimum atomic E-state index is -0.262. The molecule has 0 atom stereocenters. The molecule has 0 aliphatic carbocycles. The Bertz CT molecular complexity index is 1050. The van der Waals surface area contributed by atoms with Gasteiger partial charge in [-0.2, -0.15) is 5.10 Å². The Morgan fingerprint density at radius 2 is 1.91 bits per heavy atom. The van der Waals surface area contributed by atoms with Gasteiger partial charge in [0.2, 0.25) is 11.8 Å². The van der Waals surface area contributed by atoms with Gasteiger partial charge in [0.05, 0.1) is 31.5 Å². The van der Waals surface area contributed by atoms with Gasteiger partial charge >= 0.3 is 0 Å². The molecule has 2 heterocycles. The fourth-order valence-electron chi connectivity index (χ4n) is 3.16. The summed E-state index contributed by atoms with van der Waals surface area (Å²) in [6.45, 7) is 8.53. The molecule has 0 unspecified atom stereocenters. The molecule has 1 N–H and O–H groups in total. The Morgan fingerprint density at radius 3 is 2.47 bits per heavy atom. The number of ether oxygens (including phenoxy) is 1. The van der Waals surface area contributed by atoms with Crippen molar-refractivity contribution in [2.75, 3.05) is 25.5 Å². The summed E-state index contributed by atoms with van der Waals surface area (Å²) < 4.78 is 6.95. The zero-order chi connectivity index (χ0) is 23.3. The third-order valence-electron chi connectivity index (χ3n) is 5.04. The third kappa shape index (κ3) is 5.76. The number of aromatic nitrogens is 2. The number of hydrogen-bond donors (Lipinski definition) is 1. The van der Waals surface area contributed by atoms with Crippen molar-refractivity contribution in [2.45, 2.75) is 39.5 Å². The highest BCUT2D eigenvalue weighted by Crippen LogP contribution is 2.27. The quantitative estimate of drug-likeness (QED) is 0.551. The number of hydrogen-bond acceptors (Lipinski definition) is 5. The zero-order valence-corrected chi connectivity index (χ0v) is 20.0. The average Bonchev–Trinajstić information content (AvgIpc) is 3.42. The van der Waals surface area contributed by atoms with E-state index in [0.29, 0.717) is 18.8 Å². The molecule has 0 fully saturated rings. The molecule has 2 aromatic heterocycles. The number of carbonyl (C=O) groups is 2. The SMILES string of the molecule is CCN(CC(=O)Nc1cc(C(C)(C)C)nn1-c1ccc(OC)cc1)C(=O)Cc1cccs1. The van der Waals surface area contributed by atoms with Gasteiger partial charge in [0.1, 0.15) is 11.6 Å². The molecule has 1 aromatic carbocycles. The van der Waals surface area contributed by atoms with Crippen molar-refractivity contribution >= 4 is 29.0 Å². The van der Waals surface area contributed by atoms with Crippen molar-refractivity contribution in [3.63, 3.8) is 0 Å². The van der Waals surface area contributed by atoms with Crippen LogP contribution in [0.4, 0.5) is 5.82 Å². The van der Waals surface area contributed by atoms with E-state index < -0.39 is 0 Å². The molecule has 3 aromatic rings. The highest BCUT2D eigenvalue weighted by Gasteiger charge is 2.23. The molecule has 0 aliphatic rings. The predicted octanol–water partition coefficient (Wildman–Crippen LogP) is 4.27. The van der Waals surface area contributed by atoms with Gasteiger partial charge in [-0.05, 0) is 42.6 Å². The maximum Gasteiger partial charge on any atom is 0.245 e. The second-order valence-corrected chi connectivity index (χ2v) is 9.52. The van der Waals surface area contributed by atoms with E-state index in [1.54, 1.807) is 16.7 Å². The molecule has 2 amide bonds. The molecular formula is C24H30N4O3S. The van der Waals surface area contributed by atoms with E-state index in [2.05, 4.69) is 26.1 Å². The normalized spacial score (nSPS) is 11.3. The van der Waals surface area contributed by atoms with E-state index in [-0.39, 0.29) is 23.8 Å². The summed E-state index contributed by atoms with van der Waals surface area (Å²) in [4.78, 5) is 28.1. The van der Waals surface area contributed by atoms with Crippen molar-refractivity contribution < 1.29 is 14.3 Å². The number of thiophene rings is 1. The zero-order valence-electron chi connectivity index (χ0n) is 19.2. The number of carbonyl (C=O) groups excluding carboxylic acids is 2. The number of amides is 2. The summed E-state index contributed by atoms with van der Waals surface area (Å²) in [5.41, 5.74) is 1.46. The monoisotopic (exact) mass is 454 g/mol. The summed E-state index contributed by atoms with van der Waals surface area (Å²) in [5.74, 6) is 0.975. The molecule has 32 heavy (non-hydrogen) atoms. The van der Waals surface area contributed by atoms with Gasteiger partial charge in [0.15, 0.2) is 0 Å². The van der Waals surface area contributed by atoms with Crippen molar-refractivity contribution in [1.82, 2.24) is 14.7 Å². The molecule has 0 saturated heterocycles. The number of anilines is 1. The molecule has 8 heteroatoms. The van der Waals surface area contributed by atoms with Crippen LogP contribution in [0.15, 0.2) is 47.8 Å². The van der Waals surface area contributed by atoms with Crippen LogP contribution in [0.2, 0.25) is 0 Å². The van der Waals surface area contributed by atoms with Crippen LogP contribution in [0.5, 0.6) is 5.75 Å². The lowest BCUT2D eigenvalue weighted by molar-refractivity contribution is -0.133. The Hall–Kier alpha value is -3.13. The highest BCUT2D eigenvalue weighted by molar-refractivity contribution is 7.10. The topological polar surface area (TPSA) is 76.5 Å². The van der Waals surface area contributed by atoms with Crippen molar-refractivity contribution in [3.8, 4) is 11.4 Å². The summed E-state index contributed by atoms with van der Waals surface area (Å²) >= 11 is 1.54. The first-order valence-electron chi connectivity index (χ1n) is 10.6. The van der Waals surface area contributed by atoms with Crippen molar-refractivity contribution in [3.05, 3.63) is 58.4 Å². The lowest BCUT2D eigenvalue weighted by Gasteiger charge is -2.20. The van der Waals surface area contributed by atoms with E-state index >= 15 is 0 Å². The van der Waals surface area contributed by atoms with E-state index in [4.69, 9.17) is 9.84 Å². The maximum absolute atomic E-state index is 12.9. The van der Waals surface area contributed by atoms with Gasteiger partial charge in [-0.25, -0.2) is 4.68 Å². The van der Waals surface area contributed by atoms with Crippen LogP contribution in [-0.2, 0) is 21.4 Å². The summed E-state index contributed by atoms with van der Waals surface area (Å²) in [6.07, 6.45) is 0.302. The van der Waals surface area contributed by atoms with Gasteiger partial charge in [-0.15, -0.1) is 11.3 Å². The summed E-state index contributed by atoms with van der Waals surface area (Å²) in [5, 5.41) is 9.62. The molecule has 7 nitrogen and oxygen atoms in total. The number of methoxy groups -OCH3 is 1. The van der Waals surface area contributed by atoms with Gasteiger partial charge < -0.3 is 15.0 Å². The van der Waals surface area contributed by atoms with Crippen molar-refractivity contribution in [1.29, 1.82) is 0 Å². The van der Waals surface area contributed by atoms with Crippen LogP contribution >= 0.6 is 11.3 Å². The minimum absolute atomic E-state index is 0.0145. The molecule has 0 saturated carbocycles. The van der Waals surface area contributed by atoms with Crippen LogP contribution in [0.25, 0.3) is 5.69 Å². The van der Waals surface area contributed by atoms with E-state index in [9.17, 15) is 9.59 Å². The standard InChI is InChI=1S/C24H30N4O3S/c1-6-27(23(30)14-19-8-7-13-32-19)16-22(29)25-21-15-20(24(2,3)4)26-28(21)17-9-11-18(31-5)12-10-17/h7-13,15H,6,14,16H2,1-5H3,(H,25,29). The molecule has 3 rings (SSSR count). The third-order valence-corrected chi connectivity index (χ3v) is 5.91. The lowest BCUT2D eigenvalue weighted by Crippen LogP contribution is -2.38. The minimum Gasteiger partial charge on any atom is -0.497 e. The van der Waals surface area contributed by atoms with Gasteiger partial charge in [0, 0.05) is 22.9 Å². The Balaban J connectivity index is 1.79. The van der Waals surface area contributed by atoms with Gasteiger partial charge in [-0.1, -0.05) is 26.8 Å². The Labute approximate surface area is 193 Å². The largest absolute Gasteiger partial charge is 0.497 e. The van der Waals surface area contributed by atoms with Crippen LogP contribution in [0.3, 0.4) is 0 Å². The number of nitrogens with one attached hydrogen (secondary N) is 1. The van der Waals surface area contributed by atoms with Crippen molar-refractivity contribution in [2.24, 2.45) is 0 Å². The first-order chi connectivity index (χ1) is 15.2. The molecule has 170 valence electrons.